The molecule has 0 spiro atoms. The van der Waals surface area contributed by atoms with Crippen LogP contribution in [0.3, 0.4) is 0 Å². The van der Waals surface area contributed by atoms with E-state index in [-0.39, 0.29) is 18.4 Å². The second-order valence-electron chi connectivity index (χ2n) is 10.5. The van der Waals surface area contributed by atoms with Gasteiger partial charge in [-0.05, 0) is 59.0 Å². The summed E-state index contributed by atoms with van der Waals surface area (Å²) in [6, 6.07) is 4.86. The first-order valence-corrected chi connectivity index (χ1v) is 15.0. The zero-order chi connectivity index (χ0) is 32.8. The van der Waals surface area contributed by atoms with Gasteiger partial charge in [-0.15, -0.1) is 0 Å². The summed E-state index contributed by atoms with van der Waals surface area (Å²) in [6.07, 6.45) is 8.12. The van der Waals surface area contributed by atoms with E-state index in [4.69, 9.17) is 4.74 Å². The standard InChI is InChI=1S/C32H43N9O4/c1-7-17-33-29-24(13-10-9-11-18-34-30(43)23(3)40(6)28(42)14-12-19-39(4)5)21-35-31(38-29)37-26-15-16-27-25(20-26)22-36-41(27)32(44)45-8-2/h12,14-16,20-23H,7-9,11,17-19H2,1-6H3,(H,34,43)(H2,33,35,37,38)/t23-/m0/s1. The van der Waals surface area contributed by atoms with Gasteiger partial charge in [0.25, 0.3) is 0 Å². The van der Waals surface area contributed by atoms with Crippen LogP contribution in [0.4, 0.5) is 22.2 Å². The minimum atomic E-state index is -0.590. The Bertz CT molecular complexity index is 1550. The van der Waals surface area contributed by atoms with Crippen molar-refractivity contribution in [2.75, 3.05) is 58.0 Å². The molecule has 0 aliphatic rings. The monoisotopic (exact) mass is 617 g/mol. The molecule has 2 aromatic heterocycles. The third kappa shape index (κ3) is 10.3. The quantitative estimate of drug-likeness (QED) is 0.139. The fourth-order valence-electron chi connectivity index (χ4n) is 4.02. The van der Waals surface area contributed by atoms with Crippen LogP contribution in [0.2, 0.25) is 0 Å². The van der Waals surface area contributed by atoms with Gasteiger partial charge in [-0.1, -0.05) is 24.8 Å². The molecule has 0 bridgehead atoms. The van der Waals surface area contributed by atoms with Crippen LogP contribution in [0.15, 0.2) is 42.7 Å². The highest BCUT2D eigenvalue weighted by atomic mass is 16.5. The lowest BCUT2D eigenvalue weighted by atomic mass is 10.2. The highest BCUT2D eigenvalue weighted by Crippen LogP contribution is 2.22. The predicted molar refractivity (Wildman–Crippen MR) is 175 cm³/mol. The normalized spacial score (nSPS) is 11.6. The van der Waals surface area contributed by atoms with Gasteiger partial charge < -0.3 is 30.5 Å². The number of unbranched alkanes of at least 4 members (excludes halogenated alkanes) is 1. The molecule has 0 fully saturated rings. The highest BCUT2D eigenvalue weighted by molar-refractivity contribution is 5.92. The molecule has 1 atom stereocenters. The SMILES string of the molecule is CCCNc1nc(Nc2ccc3c(cnn3C(=O)OCC)c2)ncc1C#CCCCNC(=O)[C@H](C)N(C)C(=O)C=CCN(C)C. The molecule has 0 saturated carbocycles. The van der Waals surface area contributed by atoms with Gasteiger partial charge in [0.1, 0.15) is 11.9 Å². The molecule has 2 heterocycles. The zero-order valence-electron chi connectivity index (χ0n) is 26.9. The van der Waals surface area contributed by atoms with Crippen molar-refractivity contribution in [3.05, 3.63) is 48.3 Å². The lowest BCUT2D eigenvalue weighted by Crippen LogP contribution is -2.45. The Labute approximate surface area is 264 Å². The third-order valence-corrected chi connectivity index (χ3v) is 6.64. The van der Waals surface area contributed by atoms with E-state index in [0.717, 1.165) is 24.0 Å². The first-order valence-electron chi connectivity index (χ1n) is 15.0. The van der Waals surface area contributed by atoms with Crippen LogP contribution in [0.25, 0.3) is 10.9 Å². The highest BCUT2D eigenvalue weighted by Gasteiger charge is 2.20. The molecule has 0 saturated heterocycles. The molecule has 3 rings (SSSR count). The van der Waals surface area contributed by atoms with E-state index in [1.807, 2.05) is 31.1 Å². The third-order valence-electron chi connectivity index (χ3n) is 6.64. The van der Waals surface area contributed by atoms with E-state index in [2.05, 4.69) is 49.8 Å². The Morgan fingerprint density at radius 1 is 1.13 bits per heavy atom. The predicted octanol–water partition coefficient (Wildman–Crippen LogP) is 3.61. The molecule has 13 nitrogen and oxygen atoms in total. The van der Waals surface area contributed by atoms with Crippen molar-refractivity contribution in [3.63, 3.8) is 0 Å². The van der Waals surface area contributed by atoms with E-state index in [0.29, 0.717) is 48.8 Å². The number of nitrogens with zero attached hydrogens (tertiary/aromatic N) is 6. The number of carbonyl (C=O) groups excluding carboxylic acids is 3. The van der Waals surface area contributed by atoms with E-state index in [1.54, 1.807) is 45.4 Å². The maximum Gasteiger partial charge on any atom is 0.435 e. The number of fused-ring (bicyclic) bond motifs is 1. The molecular formula is C32H43N9O4. The summed E-state index contributed by atoms with van der Waals surface area (Å²) in [5.74, 6) is 6.85. The number of nitrogens with one attached hydrogen (secondary N) is 3. The van der Waals surface area contributed by atoms with Gasteiger partial charge in [-0.3, -0.25) is 9.59 Å². The summed E-state index contributed by atoms with van der Waals surface area (Å²) in [6.45, 7) is 7.59. The Morgan fingerprint density at radius 2 is 1.93 bits per heavy atom. The Balaban J connectivity index is 1.56. The first-order chi connectivity index (χ1) is 21.6. The van der Waals surface area contributed by atoms with Crippen molar-refractivity contribution in [3.8, 4) is 11.8 Å². The number of benzene rings is 1. The summed E-state index contributed by atoms with van der Waals surface area (Å²) in [4.78, 5) is 49.4. The van der Waals surface area contributed by atoms with Gasteiger partial charge in [-0.25, -0.2) is 9.78 Å². The van der Waals surface area contributed by atoms with Crippen LogP contribution in [-0.4, -0.2) is 101 Å². The minimum Gasteiger partial charge on any atom is -0.448 e. The molecule has 240 valence electrons. The van der Waals surface area contributed by atoms with Crippen molar-refractivity contribution < 1.29 is 19.1 Å². The Hall–Kier alpha value is -4.96. The number of likely N-dealkylation sites (N-methyl/N-ethyl adjacent to an activating group) is 2. The number of ether oxygens (including phenoxy) is 1. The fourth-order valence-corrected chi connectivity index (χ4v) is 4.02. The molecule has 1 aromatic carbocycles. The van der Waals surface area contributed by atoms with Gasteiger partial charge in [0.15, 0.2) is 0 Å². The lowest BCUT2D eigenvalue weighted by Gasteiger charge is -2.23. The summed E-state index contributed by atoms with van der Waals surface area (Å²) < 4.78 is 6.27. The van der Waals surface area contributed by atoms with Crippen LogP contribution in [0.1, 0.15) is 45.6 Å². The van der Waals surface area contributed by atoms with E-state index in [1.165, 1.54) is 15.7 Å². The van der Waals surface area contributed by atoms with Crippen LogP contribution in [0.5, 0.6) is 0 Å². The Morgan fingerprint density at radius 3 is 2.67 bits per heavy atom. The number of aromatic nitrogens is 4. The van der Waals surface area contributed by atoms with Gasteiger partial charge >= 0.3 is 6.09 Å². The van der Waals surface area contributed by atoms with E-state index >= 15 is 0 Å². The topological polar surface area (TPSA) is 147 Å². The van der Waals surface area contributed by atoms with Crippen LogP contribution in [0, 0.1) is 11.8 Å². The molecule has 0 radical (unpaired) electrons. The number of rotatable bonds is 14. The van der Waals surface area contributed by atoms with Gasteiger partial charge in [0.05, 0.1) is 30.1 Å². The first kappa shape index (κ1) is 34.5. The number of hydrogen-bond donors (Lipinski definition) is 3. The molecule has 0 aliphatic carbocycles. The second kappa shape index (κ2) is 17.4. The second-order valence-corrected chi connectivity index (χ2v) is 10.5. The molecule has 2 amide bonds. The lowest BCUT2D eigenvalue weighted by molar-refractivity contribution is -0.135. The van der Waals surface area contributed by atoms with Crippen LogP contribution in [-0.2, 0) is 14.3 Å². The minimum absolute atomic E-state index is 0.214. The molecular weight excluding hydrogens is 574 g/mol. The summed E-state index contributed by atoms with van der Waals surface area (Å²) in [5, 5.41) is 14.3. The fraction of sp³-hybridized carbons (Fsp3) is 0.438. The van der Waals surface area contributed by atoms with Crippen molar-refractivity contribution in [1.82, 2.24) is 34.9 Å². The molecule has 13 heteroatoms. The summed E-state index contributed by atoms with van der Waals surface area (Å²) in [7, 11) is 5.45. The van der Waals surface area contributed by atoms with Crippen molar-refractivity contribution in [2.45, 2.75) is 46.1 Å². The van der Waals surface area contributed by atoms with Crippen LogP contribution < -0.4 is 16.0 Å². The van der Waals surface area contributed by atoms with Crippen molar-refractivity contribution >= 4 is 46.3 Å². The largest absolute Gasteiger partial charge is 0.448 e. The smallest absolute Gasteiger partial charge is 0.435 e. The number of amides is 2. The average molecular weight is 618 g/mol. The molecule has 45 heavy (non-hydrogen) atoms. The van der Waals surface area contributed by atoms with Gasteiger partial charge in [0, 0.05) is 50.3 Å². The molecule has 3 N–H and O–H groups in total. The van der Waals surface area contributed by atoms with Crippen molar-refractivity contribution in [1.29, 1.82) is 0 Å². The van der Waals surface area contributed by atoms with Gasteiger partial charge in [0.2, 0.25) is 17.8 Å². The van der Waals surface area contributed by atoms with Gasteiger partial charge in [-0.2, -0.15) is 14.8 Å². The molecule has 0 unspecified atom stereocenters. The number of anilines is 3. The zero-order valence-corrected chi connectivity index (χ0v) is 26.9. The van der Waals surface area contributed by atoms with E-state index in [9.17, 15) is 14.4 Å². The number of hydrogen-bond acceptors (Lipinski definition) is 10. The summed E-state index contributed by atoms with van der Waals surface area (Å²) >= 11 is 0. The van der Waals surface area contributed by atoms with E-state index < -0.39 is 12.1 Å². The van der Waals surface area contributed by atoms with Crippen molar-refractivity contribution in [2.24, 2.45) is 0 Å². The molecule has 0 aliphatic heterocycles. The molecule has 3 aromatic rings. The maximum atomic E-state index is 12.5. The Kier molecular flexibility index (Phi) is 13.3. The average Bonchev–Trinajstić information content (AvgIpc) is 3.44. The number of carbonyl (C=O) groups is 3. The van der Waals surface area contributed by atoms with Crippen LogP contribution >= 0.6 is 0 Å². The maximum absolute atomic E-state index is 12.5. The summed E-state index contributed by atoms with van der Waals surface area (Å²) in [5.41, 5.74) is 2.04.